The van der Waals surface area contributed by atoms with Gasteiger partial charge in [-0.15, -0.1) is 0 Å². The van der Waals surface area contributed by atoms with Crippen LogP contribution in [0.4, 0.5) is 11.4 Å². The van der Waals surface area contributed by atoms with E-state index in [2.05, 4.69) is 52.0 Å². The fourth-order valence-electron chi connectivity index (χ4n) is 3.72. The lowest BCUT2D eigenvalue weighted by atomic mass is 10.1. The molecule has 0 aromatic heterocycles. The van der Waals surface area contributed by atoms with E-state index < -0.39 is 0 Å². The highest BCUT2D eigenvalue weighted by molar-refractivity contribution is 8.19. The van der Waals surface area contributed by atoms with Crippen molar-refractivity contribution in [2.75, 3.05) is 4.90 Å². The van der Waals surface area contributed by atoms with Crippen molar-refractivity contribution in [3.8, 4) is 5.75 Å². The van der Waals surface area contributed by atoms with E-state index in [1.807, 2.05) is 54.6 Å². The van der Waals surface area contributed by atoms with Gasteiger partial charge in [0.2, 0.25) is 0 Å². The Morgan fingerprint density at radius 1 is 0.914 bits per heavy atom. The van der Waals surface area contributed by atoms with Gasteiger partial charge in [-0.3, -0.25) is 9.69 Å². The van der Waals surface area contributed by atoms with E-state index in [1.165, 1.54) is 22.9 Å². The molecule has 0 aliphatic carbocycles. The van der Waals surface area contributed by atoms with Crippen LogP contribution in [0.5, 0.6) is 5.75 Å². The van der Waals surface area contributed by atoms with E-state index in [0.29, 0.717) is 10.1 Å². The van der Waals surface area contributed by atoms with E-state index >= 15 is 0 Å². The molecule has 180 valence electrons. The Labute approximate surface area is 212 Å². The Balaban J connectivity index is 1.74. The quantitative estimate of drug-likeness (QED) is 0.306. The molecule has 5 heteroatoms. The van der Waals surface area contributed by atoms with Crippen LogP contribution < -0.4 is 9.64 Å². The molecule has 1 saturated heterocycles. The number of para-hydroxylation sites is 1. The number of hydrogen-bond acceptors (Lipinski definition) is 4. The lowest BCUT2D eigenvalue weighted by molar-refractivity contribution is -0.113. The minimum Gasteiger partial charge on any atom is -0.490 e. The van der Waals surface area contributed by atoms with Crippen molar-refractivity contribution in [1.29, 1.82) is 0 Å². The maximum absolute atomic E-state index is 13.7. The van der Waals surface area contributed by atoms with Gasteiger partial charge >= 0.3 is 0 Å². The first-order valence-electron chi connectivity index (χ1n) is 12.3. The summed E-state index contributed by atoms with van der Waals surface area (Å²) in [6, 6.07) is 24.2. The van der Waals surface area contributed by atoms with Gasteiger partial charge in [-0.1, -0.05) is 63.2 Å². The summed E-state index contributed by atoms with van der Waals surface area (Å²) in [6.45, 7) is 8.40. The van der Waals surface area contributed by atoms with Gasteiger partial charge in [0.25, 0.3) is 5.91 Å². The second-order valence-corrected chi connectivity index (χ2v) is 9.57. The molecule has 1 heterocycles. The summed E-state index contributed by atoms with van der Waals surface area (Å²) in [5.74, 6) is 0.698. The predicted molar refractivity (Wildman–Crippen MR) is 149 cm³/mol. The molecular formula is C30H32N2O2S. The van der Waals surface area contributed by atoms with Crippen LogP contribution in [0.25, 0.3) is 6.08 Å². The summed E-state index contributed by atoms with van der Waals surface area (Å²) in [5, 5.41) is 0.648. The maximum atomic E-state index is 13.7. The van der Waals surface area contributed by atoms with Crippen LogP contribution in [0.1, 0.15) is 50.8 Å². The molecule has 3 aromatic carbocycles. The van der Waals surface area contributed by atoms with Gasteiger partial charge in [0.1, 0.15) is 5.75 Å². The second kappa shape index (κ2) is 11.4. The van der Waals surface area contributed by atoms with Crippen molar-refractivity contribution in [3.05, 3.63) is 94.4 Å². The fraction of sp³-hybridized carbons (Fsp3) is 0.267. The molecule has 0 bridgehead atoms. The van der Waals surface area contributed by atoms with Crippen molar-refractivity contribution in [2.45, 2.75) is 53.1 Å². The van der Waals surface area contributed by atoms with E-state index in [-0.39, 0.29) is 12.0 Å². The third kappa shape index (κ3) is 5.85. The molecule has 0 spiro atoms. The molecule has 3 aromatic rings. The van der Waals surface area contributed by atoms with E-state index in [9.17, 15) is 4.79 Å². The van der Waals surface area contributed by atoms with Crippen LogP contribution >= 0.6 is 11.8 Å². The highest BCUT2D eigenvalue weighted by Crippen LogP contribution is 2.38. The number of amidine groups is 1. The molecule has 4 rings (SSSR count). The van der Waals surface area contributed by atoms with E-state index in [4.69, 9.17) is 9.73 Å². The van der Waals surface area contributed by atoms with Crippen LogP contribution in [-0.4, -0.2) is 17.2 Å². The van der Waals surface area contributed by atoms with Crippen molar-refractivity contribution in [3.63, 3.8) is 0 Å². The normalized spacial score (nSPS) is 16.8. The van der Waals surface area contributed by atoms with Crippen LogP contribution in [0.2, 0.25) is 0 Å². The van der Waals surface area contributed by atoms with Crippen molar-refractivity contribution < 1.29 is 9.53 Å². The predicted octanol–water partition coefficient (Wildman–Crippen LogP) is 7.80. The molecule has 0 N–H and O–H groups in total. The van der Waals surface area contributed by atoms with Crippen LogP contribution in [0, 0.1) is 0 Å². The van der Waals surface area contributed by atoms with Crippen LogP contribution in [0.15, 0.2) is 82.7 Å². The Morgan fingerprint density at radius 2 is 1.54 bits per heavy atom. The zero-order valence-corrected chi connectivity index (χ0v) is 21.6. The van der Waals surface area contributed by atoms with Gasteiger partial charge in [-0.25, -0.2) is 4.99 Å². The first-order valence-corrected chi connectivity index (χ1v) is 13.1. The molecule has 1 aliphatic heterocycles. The van der Waals surface area contributed by atoms with Crippen molar-refractivity contribution >= 4 is 40.3 Å². The lowest BCUT2D eigenvalue weighted by Gasteiger charge is -2.16. The molecule has 35 heavy (non-hydrogen) atoms. The molecule has 0 radical (unpaired) electrons. The Bertz CT molecular complexity index is 1230. The Hall–Kier alpha value is -3.31. The van der Waals surface area contributed by atoms with Crippen LogP contribution in [-0.2, 0) is 17.6 Å². The molecule has 1 fully saturated rings. The summed E-state index contributed by atoms with van der Waals surface area (Å²) in [4.78, 5) is 20.9. The molecule has 4 nitrogen and oxygen atoms in total. The Kier molecular flexibility index (Phi) is 8.09. The largest absolute Gasteiger partial charge is 0.490 e. The zero-order valence-electron chi connectivity index (χ0n) is 20.8. The summed E-state index contributed by atoms with van der Waals surface area (Å²) in [7, 11) is 0. The maximum Gasteiger partial charge on any atom is 0.271 e. The summed E-state index contributed by atoms with van der Waals surface area (Å²) in [5.41, 5.74) is 5.02. The number of aryl methyl sites for hydroxylation is 2. The SMILES string of the molecule is CCc1ccc(N=C2S/C(=C\c3ccccc3O[C@@H](C)CC)C(=O)N2c2ccc(CC)cc2)cc1. The van der Waals surface area contributed by atoms with E-state index in [1.54, 1.807) is 4.90 Å². The molecule has 1 aliphatic rings. The first kappa shape index (κ1) is 24.8. The number of carbonyl (C=O) groups excluding carboxylic acids is 1. The van der Waals surface area contributed by atoms with Gasteiger partial charge in [-0.2, -0.15) is 0 Å². The topological polar surface area (TPSA) is 41.9 Å². The molecule has 0 unspecified atom stereocenters. The number of anilines is 1. The fourth-order valence-corrected chi connectivity index (χ4v) is 4.71. The number of aliphatic imine (C=N–C) groups is 1. The number of amides is 1. The highest BCUT2D eigenvalue weighted by atomic mass is 32.2. The second-order valence-electron chi connectivity index (χ2n) is 8.56. The lowest BCUT2D eigenvalue weighted by Crippen LogP contribution is -2.28. The van der Waals surface area contributed by atoms with Gasteiger partial charge in [0.15, 0.2) is 5.17 Å². The number of rotatable bonds is 8. The van der Waals surface area contributed by atoms with E-state index in [0.717, 1.165) is 42.0 Å². The minimum atomic E-state index is -0.0819. The number of carbonyl (C=O) groups is 1. The van der Waals surface area contributed by atoms with Gasteiger partial charge in [0, 0.05) is 5.56 Å². The first-order chi connectivity index (χ1) is 17.0. The number of thioether (sulfide) groups is 1. The number of ether oxygens (including phenoxy) is 1. The Morgan fingerprint density at radius 3 is 2.17 bits per heavy atom. The van der Waals surface area contributed by atoms with Crippen molar-refractivity contribution in [2.24, 2.45) is 4.99 Å². The standard InChI is InChI=1S/C30H32N2O2S/c1-5-21(4)34-27-11-9-8-10-24(27)20-28-29(33)32(26-18-14-23(7-3)15-19-26)30(35-28)31-25-16-12-22(6-2)13-17-25/h8-21H,5-7H2,1-4H3/b28-20-,31-30?/t21-/m0/s1. The van der Waals surface area contributed by atoms with Crippen LogP contribution in [0.3, 0.4) is 0 Å². The molecule has 1 amide bonds. The monoisotopic (exact) mass is 484 g/mol. The third-order valence-corrected chi connectivity index (χ3v) is 7.06. The van der Waals surface area contributed by atoms with Gasteiger partial charge in [-0.05, 0) is 85.5 Å². The van der Waals surface area contributed by atoms with Gasteiger partial charge in [0.05, 0.1) is 22.4 Å². The smallest absolute Gasteiger partial charge is 0.271 e. The molecular weight excluding hydrogens is 452 g/mol. The molecule has 0 saturated carbocycles. The van der Waals surface area contributed by atoms with Gasteiger partial charge < -0.3 is 4.74 Å². The third-order valence-electron chi connectivity index (χ3n) is 6.09. The average Bonchev–Trinajstić information content (AvgIpc) is 3.19. The average molecular weight is 485 g/mol. The number of hydrogen-bond donors (Lipinski definition) is 0. The van der Waals surface area contributed by atoms with Crippen molar-refractivity contribution in [1.82, 2.24) is 0 Å². The zero-order chi connectivity index (χ0) is 24.8. The molecule has 1 atom stereocenters. The summed E-state index contributed by atoms with van der Waals surface area (Å²) < 4.78 is 6.11. The number of benzene rings is 3. The summed E-state index contributed by atoms with van der Waals surface area (Å²) >= 11 is 1.40. The number of nitrogens with zero attached hydrogens (tertiary/aromatic N) is 2. The highest BCUT2D eigenvalue weighted by Gasteiger charge is 2.35. The summed E-state index contributed by atoms with van der Waals surface area (Å²) in [6.07, 6.45) is 4.85. The minimum absolute atomic E-state index is 0.0819.